The first kappa shape index (κ1) is 23.7. The van der Waals surface area contributed by atoms with Gasteiger partial charge in [0.2, 0.25) is 0 Å². The molecule has 1 spiro atoms. The van der Waals surface area contributed by atoms with Gasteiger partial charge in [0.1, 0.15) is 5.75 Å². The van der Waals surface area contributed by atoms with Crippen molar-refractivity contribution in [3.05, 3.63) is 70.0 Å². The van der Waals surface area contributed by atoms with Crippen LogP contribution in [0.15, 0.2) is 58.5 Å². The molecule has 1 fully saturated rings. The van der Waals surface area contributed by atoms with Gasteiger partial charge in [0, 0.05) is 17.0 Å². The SMILES string of the molecule is CCOC(=O)CSc1nc2c(c(=O)n1-c1cccc(OC)c1)C1(CCCCC1)Cc1ccccc1-2. The predicted molar refractivity (Wildman–Crippen MR) is 138 cm³/mol. The summed E-state index contributed by atoms with van der Waals surface area (Å²) in [6.45, 7) is 2.10. The third-order valence-corrected chi connectivity index (χ3v) is 8.04. The molecule has 35 heavy (non-hydrogen) atoms. The van der Waals surface area contributed by atoms with Crippen LogP contribution < -0.4 is 10.3 Å². The van der Waals surface area contributed by atoms with Gasteiger partial charge in [-0.05, 0) is 43.9 Å². The molecule has 1 aromatic heterocycles. The molecule has 3 aromatic rings. The molecule has 7 heteroatoms. The molecule has 0 bridgehead atoms. The molecular weight excluding hydrogens is 460 g/mol. The second-order valence-electron chi connectivity index (χ2n) is 9.23. The van der Waals surface area contributed by atoms with Gasteiger partial charge >= 0.3 is 5.97 Å². The molecule has 0 saturated heterocycles. The second kappa shape index (κ2) is 9.90. The highest BCUT2D eigenvalue weighted by Gasteiger charge is 2.43. The number of aromatic nitrogens is 2. The smallest absolute Gasteiger partial charge is 0.316 e. The molecule has 1 heterocycles. The third-order valence-electron chi connectivity index (χ3n) is 7.13. The van der Waals surface area contributed by atoms with E-state index in [0.717, 1.165) is 48.9 Å². The highest BCUT2D eigenvalue weighted by atomic mass is 32.2. The fourth-order valence-corrected chi connectivity index (χ4v) is 6.39. The van der Waals surface area contributed by atoms with Gasteiger partial charge < -0.3 is 9.47 Å². The number of ether oxygens (including phenoxy) is 2. The molecule has 2 aromatic carbocycles. The number of fused-ring (bicyclic) bond motifs is 4. The van der Waals surface area contributed by atoms with Crippen molar-refractivity contribution in [1.29, 1.82) is 0 Å². The van der Waals surface area contributed by atoms with E-state index in [-0.39, 0.29) is 22.7 Å². The Morgan fingerprint density at radius 2 is 1.91 bits per heavy atom. The molecule has 0 radical (unpaired) electrons. The molecule has 6 nitrogen and oxygen atoms in total. The number of thioether (sulfide) groups is 1. The molecule has 0 atom stereocenters. The third kappa shape index (κ3) is 4.38. The van der Waals surface area contributed by atoms with Crippen molar-refractivity contribution in [3.63, 3.8) is 0 Å². The molecule has 5 rings (SSSR count). The van der Waals surface area contributed by atoms with Crippen molar-refractivity contribution in [1.82, 2.24) is 9.55 Å². The number of hydrogen-bond donors (Lipinski definition) is 0. The van der Waals surface area contributed by atoms with Crippen LogP contribution in [-0.2, 0) is 21.4 Å². The van der Waals surface area contributed by atoms with E-state index < -0.39 is 0 Å². The Morgan fingerprint density at radius 3 is 2.69 bits per heavy atom. The van der Waals surface area contributed by atoms with Crippen molar-refractivity contribution in [3.8, 4) is 22.7 Å². The van der Waals surface area contributed by atoms with Crippen molar-refractivity contribution in [2.45, 2.75) is 56.0 Å². The largest absolute Gasteiger partial charge is 0.497 e. The Labute approximate surface area is 209 Å². The number of benzene rings is 2. The van der Waals surface area contributed by atoms with Gasteiger partial charge in [-0.3, -0.25) is 14.2 Å². The average Bonchev–Trinajstić information content (AvgIpc) is 2.88. The molecule has 1 saturated carbocycles. The Kier molecular flexibility index (Phi) is 6.69. The van der Waals surface area contributed by atoms with E-state index in [1.54, 1.807) is 18.6 Å². The van der Waals surface area contributed by atoms with Gasteiger partial charge in [-0.2, -0.15) is 0 Å². The maximum atomic E-state index is 14.4. The summed E-state index contributed by atoms with van der Waals surface area (Å²) in [5.74, 6) is 0.410. The van der Waals surface area contributed by atoms with Crippen molar-refractivity contribution in [2.75, 3.05) is 19.5 Å². The monoisotopic (exact) mass is 490 g/mol. The first-order valence-corrected chi connectivity index (χ1v) is 13.2. The minimum atomic E-state index is -0.328. The van der Waals surface area contributed by atoms with E-state index in [0.29, 0.717) is 23.2 Å². The number of hydrogen-bond acceptors (Lipinski definition) is 6. The summed E-state index contributed by atoms with van der Waals surface area (Å²) in [5.41, 5.74) is 4.27. The predicted octanol–water partition coefficient (Wildman–Crippen LogP) is 5.32. The molecule has 0 amide bonds. The summed E-state index contributed by atoms with van der Waals surface area (Å²) >= 11 is 1.24. The van der Waals surface area contributed by atoms with Gasteiger partial charge in [0.05, 0.1) is 36.4 Å². The molecule has 2 aliphatic rings. The van der Waals surface area contributed by atoms with Crippen LogP contribution in [0.5, 0.6) is 5.75 Å². The number of rotatable bonds is 6. The number of carbonyl (C=O) groups excluding carboxylic acids is 1. The maximum Gasteiger partial charge on any atom is 0.316 e. The summed E-state index contributed by atoms with van der Waals surface area (Å²) in [6, 6.07) is 15.7. The summed E-state index contributed by atoms with van der Waals surface area (Å²) < 4.78 is 12.2. The highest BCUT2D eigenvalue weighted by molar-refractivity contribution is 7.99. The molecule has 0 unspecified atom stereocenters. The van der Waals surface area contributed by atoms with Crippen LogP contribution in [0.4, 0.5) is 0 Å². The van der Waals surface area contributed by atoms with Crippen molar-refractivity contribution >= 4 is 17.7 Å². The normalized spacial score (nSPS) is 15.8. The molecule has 0 aliphatic heterocycles. The number of methoxy groups -OCH3 is 1. The maximum absolute atomic E-state index is 14.4. The first-order chi connectivity index (χ1) is 17.1. The average molecular weight is 491 g/mol. The topological polar surface area (TPSA) is 70.4 Å². The number of carbonyl (C=O) groups is 1. The Bertz CT molecular complexity index is 1310. The second-order valence-corrected chi connectivity index (χ2v) is 10.2. The lowest BCUT2D eigenvalue weighted by Crippen LogP contribution is -2.43. The van der Waals surface area contributed by atoms with Gasteiger partial charge in [-0.15, -0.1) is 0 Å². The first-order valence-electron chi connectivity index (χ1n) is 12.2. The van der Waals surface area contributed by atoms with Crippen molar-refractivity contribution < 1.29 is 14.3 Å². The van der Waals surface area contributed by atoms with E-state index in [1.165, 1.54) is 23.7 Å². The summed E-state index contributed by atoms with van der Waals surface area (Å²) in [6.07, 6.45) is 6.25. The zero-order chi connectivity index (χ0) is 24.4. The quantitative estimate of drug-likeness (QED) is 0.265. The summed E-state index contributed by atoms with van der Waals surface area (Å²) in [7, 11) is 1.61. The van der Waals surface area contributed by atoms with Crippen LogP contribution in [0.1, 0.15) is 50.2 Å². The van der Waals surface area contributed by atoms with Gasteiger partial charge in [-0.25, -0.2) is 4.98 Å². The number of esters is 1. The minimum absolute atomic E-state index is 0.0500. The van der Waals surface area contributed by atoms with Crippen LogP contribution in [0, 0.1) is 0 Å². The van der Waals surface area contributed by atoms with E-state index in [2.05, 4.69) is 18.2 Å². The lowest BCUT2D eigenvalue weighted by Gasteiger charge is -2.42. The van der Waals surface area contributed by atoms with Crippen LogP contribution in [0.3, 0.4) is 0 Å². The van der Waals surface area contributed by atoms with Crippen LogP contribution in [0.2, 0.25) is 0 Å². The van der Waals surface area contributed by atoms with Crippen molar-refractivity contribution in [2.24, 2.45) is 0 Å². The lowest BCUT2D eigenvalue weighted by atomic mass is 9.62. The highest BCUT2D eigenvalue weighted by Crippen LogP contribution is 2.49. The standard InChI is InChI=1S/C28H30N2O4S/c1-3-34-23(31)18-35-27-29-25-22-13-6-5-10-19(22)17-28(14-7-4-8-15-28)24(25)26(32)30(27)20-11-9-12-21(16-20)33-2/h5-6,9-13,16H,3-4,7-8,14-15,17-18H2,1-2H3. The fourth-order valence-electron chi connectivity index (χ4n) is 5.59. The van der Waals surface area contributed by atoms with E-state index in [9.17, 15) is 9.59 Å². The summed E-state index contributed by atoms with van der Waals surface area (Å²) in [4.78, 5) is 31.7. The fraction of sp³-hybridized carbons (Fsp3) is 0.393. The van der Waals surface area contributed by atoms with Crippen LogP contribution >= 0.6 is 11.8 Å². The molecule has 0 N–H and O–H groups in total. The zero-order valence-corrected chi connectivity index (χ0v) is 21.0. The summed E-state index contributed by atoms with van der Waals surface area (Å²) in [5, 5.41) is 0.484. The lowest BCUT2D eigenvalue weighted by molar-refractivity contribution is -0.139. The molecular formula is C28H30N2O4S. The minimum Gasteiger partial charge on any atom is -0.497 e. The van der Waals surface area contributed by atoms with Gasteiger partial charge in [0.15, 0.2) is 5.16 Å². The van der Waals surface area contributed by atoms with E-state index in [4.69, 9.17) is 14.5 Å². The van der Waals surface area contributed by atoms with Gasteiger partial charge in [0.25, 0.3) is 5.56 Å². The van der Waals surface area contributed by atoms with E-state index in [1.807, 2.05) is 30.3 Å². The van der Waals surface area contributed by atoms with Gasteiger partial charge in [-0.1, -0.05) is 61.4 Å². The number of nitrogens with zero attached hydrogens (tertiary/aromatic N) is 2. The van der Waals surface area contributed by atoms with E-state index >= 15 is 0 Å². The Hall–Kier alpha value is -3.06. The Morgan fingerprint density at radius 1 is 1.11 bits per heavy atom. The zero-order valence-electron chi connectivity index (χ0n) is 20.2. The Balaban J connectivity index is 1.76. The molecule has 182 valence electrons. The molecule has 2 aliphatic carbocycles. The van der Waals surface area contributed by atoms with Crippen LogP contribution in [0.25, 0.3) is 16.9 Å². The van der Waals surface area contributed by atoms with Crippen LogP contribution in [-0.4, -0.2) is 35.0 Å².